The molecule has 0 bridgehead atoms. The van der Waals surface area contributed by atoms with Gasteiger partial charge in [-0.05, 0) is 48.8 Å². The quantitative estimate of drug-likeness (QED) is 0.637. The van der Waals surface area contributed by atoms with Gasteiger partial charge < -0.3 is 0 Å². The molecule has 1 aliphatic carbocycles. The minimum atomic E-state index is 0.564. The number of aryl methyl sites for hydroxylation is 2. The fourth-order valence-corrected chi connectivity index (χ4v) is 2.56. The molecule has 2 rings (SSSR count). The standard InChI is InChI=1S/C17H22/c1-12(2)17-11-16-10-13(3)8-9-15(16)7-5-6-14(17)4/h8-12H,4-7H2,1-3H3/b17-11-. The van der Waals surface area contributed by atoms with Crippen molar-refractivity contribution in [2.24, 2.45) is 5.92 Å². The Morgan fingerprint density at radius 2 is 1.94 bits per heavy atom. The van der Waals surface area contributed by atoms with E-state index in [1.54, 1.807) is 0 Å². The van der Waals surface area contributed by atoms with Crippen LogP contribution in [0.4, 0.5) is 0 Å². The molecule has 0 saturated carbocycles. The maximum Gasteiger partial charge on any atom is -0.0216 e. The van der Waals surface area contributed by atoms with Crippen LogP contribution in [0.3, 0.4) is 0 Å². The highest BCUT2D eigenvalue weighted by molar-refractivity contribution is 5.63. The molecule has 1 aromatic rings. The van der Waals surface area contributed by atoms with Crippen LogP contribution in [0.5, 0.6) is 0 Å². The van der Waals surface area contributed by atoms with Crippen LogP contribution in [0, 0.1) is 12.8 Å². The molecule has 0 N–H and O–H groups in total. The Kier molecular flexibility index (Phi) is 3.51. The molecule has 0 heteroatoms. The third kappa shape index (κ3) is 2.69. The normalized spacial score (nSPS) is 19.3. The first-order chi connectivity index (χ1) is 8.08. The zero-order chi connectivity index (χ0) is 12.4. The summed E-state index contributed by atoms with van der Waals surface area (Å²) in [6.45, 7) is 10.9. The molecule has 0 radical (unpaired) electrons. The number of fused-ring (bicyclic) bond motifs is 1. The van der Waals surface area contributed by atoms with Crippen LogP contribution in [-0.2, 0) is 6.42 Å². The molecule has 0 nitrogen and oxygen atoms in total. The lowest BCUT2D eigenvalue weighted by Gasteiger charge is -2.19. The first kappa shape index (κ1) is 12.2. The van der Waals surface area contributed by atoms with Gasteiger partial charge in [0.05, 0.1) is 0 Å². The summed E-state index contributed by atoms with van der Waals surface area (Å²) in [6, 6.07) is 6.81. The molecule has 0 saturated heterocycles. The van der Waals surface area contributed by atoms with Gasteiger partial charge in [-0.25, -0.2) is 0 Å². The zero-order valence-electron chi connectivity index (χ0n) is 11.2. The van der Waals surface area contributed by atoms with Gasteiger partial charge in [0.15, 0.2) is 0 Å². The van der Waals surface area contributed by atoms with Gasteiger partial charge in [-0.15, -0.1) is 0 Å². The fourth-order valence-electron chi connectivity index (χ4n) is 2.56. The molecule has 0 spiro atoms. The molecule has 0 amide bonds. The third-order valence-corrected chi connectivity index (χ3v) is 3.57. The van der Waals surface area contributed by atoms with Crippen molar-refractivity contribution in [3.8, 4) is 0 Å². The van der Waals surface area contributed by atoms with Crippen LogP contribution in [0.15, 0.2) is 35.9 Å². The second kappa shape index (κ2) is 4.91. The van der Waals surface area contributed by atoms with E-state index in [0.29, 0.717) is 5.92 Å². The minimum absolute atomic E-state index is 0.564. The van der Waals surface area contributed by atoms with Crippen LogP contribution in [0.25, 0.3) is 6.08 Å². The van der Waals surface area contributed by atoms with Crippen molar-refractivity contribution in [3.05, 3.63) is 52.6 Å². The SMILES string of the molecule is C=C1CCCc2ccc(C)cc2/C=C\1C(C)C. The van der Waals surface area contributed by atoms with E-state index < -0.39 is 0 Å². The average Bonchev–Trinajstić information content (AvgIpc) is 2.25. The van der Waals surface area contributed by atoms with Crippen LogP contribution < -0.4 is 0 Å². The number of rotatable bonds is 1. The van der Waals surface area contributed by atoms with E-state index in [2.05, 4.69) is 51.6 Å². The molecule has 0 unspecified atom stereocenters. The molecule has 0 heterocycles. The molecule has 17 heavy (non-hydrogen) atoms. The van der Waals surface area contributed by atoms with Gasteiger partial charge in [0.1, 0.15) is 0 Å². The topological polar surface area (TPSA) is 0 Å². The lowest BCUT2D eigenvalue weighted by atomic mass is 9.86. The summed E-state index contributed by atoms with van der Waals surface area (Å²) in [5, 5.41) is 0. The summed E-state index contributed by atoms with van der Waals surface area (Å²) >= 11 is 0. The Morgan fingerprint density at radius 1 is 1.18 bits per heavy atom. The minimum Gasteiger partial charge on any atom is -0.0955 e. The Morgan fingerprint density at radius 3 is 2.65 bits per heavy atom. The van der Waals surface area contributed by atoms with Crippen LogP contribution in [0.2, 0.25) is 0 Å². The molecule has 0 aliphatic heterocycles. The van der Waals surface area contributed by atoms with Gasteiger partial charge in [0.25, 0.3) is 0 Å². The summed E-state index contributed by atoms with van der Waals surface area (Å²) in [5.74, 6) is 0.564. The van der Waals surface area contributed by atoms with Gasteiger partial charge in [0.2, 0.25) is 0 Å². The molecular weight excluding hydrogens is 204 g/mol. The van der Waals surface area contributed by atoms with Crippen molar-refractivity contribution in [2.75, 3.05) is 0 Å². The van der Waals surface area contributed by atoms with E-state index in [-0.39, 0.29) is 0 Å². The highest BCUT2D eigenvalue weighted by Crippen LogP contribution is 2.29. The second-order valence-electron chi connectivity index (χ2n) is 5.41. The average molecular weight is 226 g/mol. The van der Waals surface area contributed by atoms with Gasteiger partial charge >= 0.3 is 0 Å². The van der Waals surface area contributed by atoms with Crippen LogP contribution >= 0.6 is 0 Å². The van der Waals surface area contributed by atoms with E-state index in [1.807, 2.05) is 0 Å². The predicted molar refractivity (Wildman–Crippen MR) is 76.1 cm³/mol. The van der Waals surface area contributed by atoms with E-state index in [1.165, 1.54) is 40.7 Å². The molecule has 0 atom stereocenters. The lowest BCUT2D eigenvalue weighted by molar-refractivity contribution is 0.738. The number of hydrogen-bond donors (Lipinski definition) is 0. The number of hydrogen-bond acceptors (Lipinski definition) is 0. The summed E-state index contributed by atoms with van der Waals surface area (Å²) in [7, 11) is 0. The Hall–Kier alpha value is -1.30. The molecule has 0 fully saturated rings. The molecule has 1 aliphatic rings. The zero-order valence-corrected chi connectivity index (χ0v) is 11.2. The van der Waals surface area contributed by atoms with Crippen molar-refractivity contribution in [1.29, 1.82) is 0 Å². The smallest absolute Gasteiger partial charge is 0.0216 e. The Balaban J connectivity index is 2.52. The van der Waals surface area contributed by atoms with Crippen molar-refractivity contribution >= 4 is 6.08 Å². The maximum absolute atomic E-state index is 4.25. The van der Waals surface area contributed by atoms with Gasteiger partial charge in [-0.2, -0.15) is 0 Å². The summed E-state index contributed by atoms with van der Waals surface area (Å²) < 4.78 is 0. The van der Waals surface area contributed by atoms with Crippen LogP contribution in [-0.4, -0.2) is 0 Å². The van der Waals surface area contributed by atoms with Gasteiger partial charge in [-0.3, -0.25) is 0 Å². The van der Waals surface area contributed by atoms with Crippen molar-refractivity contribution < 1.29 is 0 Å². The molecular formula is C17H22. The molecule has 0 aromatic heterocycles. The summed E-state index contributed by atoms with van der Waals surface area (Å²) in [6.07, 6.45) is 5.89. The highest BCUT2D eigenvalue weighted by Gasteiger charge is 2.12. The first-order valence-electron chi connectivity index (χ1n) is 6.57. The Labute approximate surface area is 105 Å². The summed E-state index contributed by atoms with van der Waals surface area (Å²) in [5.41, 5.74) is 6.98. The van der Waals surface area contributed by atoms with Gasteiger partial charge in [-0.1, -0.05) is 55.8 Å². The van der Waals surface area contributed by atoms with E-state index in [4.69, 9.17) is 0 Å². The van der Waals surface area contributed by atoms with Crippen molar-refractivity contribution in [3.63, 3.8) is 0 Å². The summed E-state index contributed by atoms with van der Waals surface area (Å²) in [4.78, 5) is 0. The third-order valence-electron chi connectivity index (χ3n) is 3.57. The monoisotopic (exact) mass is 226 g/mol. The van der Waals surface area contributed by atoms with Crippen LogP contribution in [0.1, 0.15) is 43.4 Å². The highest BCUT2D eigenvalue weighted by atomic mass is 14.2. The number of benzene rings is 1. The van der Waals surface area contributed by atoms with E-state index >= 15 is 0 Å². The first-order valence-corrected chi connectivity index (χ1v) is 6.57. The molecule has 1 aromatic carbocycles. The second-order valence-corrected chi connectivity index (χ2v) is 5.41. The fraction of sp³-hybridized carbons (Fsp3) is 0.412. The number of allylic oxidation sites excluding steroid dienone is 2. The predicted octanol–water partition coefficient (Wildman–Crippen LogP) is 4.93. The van der Waals surface area contributed by atoms with E-state index in [9.17, 15) is 0 Å². The van der Waals surface area contributed by atoms with Gasteiger partial charge in [0, 0.05) is 0 Å². The maximum atomic E-state index is 4.25. The van der Waals surface area contributed by atoms with E-state index in [0.717, 1.165) is 6.42 Å². The van der Waals surface area contributed by atoms with Crippen molar-refractivity contribution in [2.45, 2.75) is 40.0 Å². The lowest BCUT2D eigenvalue weighted by Crippen LogP contribution is -2.03. The van der Waals surface area contributed by atoms with Crippen molar-refractivity contribution in [1.82, 2.24) is 0 Å². The molecule has 90 valence electrons. The Bertz CT molecular complexity index is 461. The largest absolute Gasteiger partial charge is 0.0955 e.